The molecule has 0 bridgehead atoms. The van der Waals surface area contributed by atoms with E-state index >= 15 is 0 Å². The Kier molecular flexibility index (Phi) is 5.26. The Hall–Kier alpha value is -2.38. The van der Waals surface area contributed by atoms with Gasteiger partial charge in [0.2, 0.25) is 5.75 Å². The normalized spacial score (nSPS) is 15.2. The molecule has 1 aliphatic rings. The summed E-state index contributed by atoms with van der Waals surface area (Å²) in [5.41, 5.74) is 2.53. The predicted octanol–water partition coefficient (Wildman–Crippen LogP) is 2.72. The van der Waals surface area contributed by atoms with Gasteiger partial charge in [-0.3, -0.25) is 4.79 Å². The Labute approximate surface area is 137 Å². The van der Waals surface area contributed by atoms with Crippen molar-refractivity contribution in [3.63, 3.8) is 0 Å². The first-order valence-corrected chi connectivity index (χ1v) is 7.19. The van der Waals surface area contributed by atoms with Gasteiger partial charge in [-0.25, -0.2) is 0 Å². The van der Waals surface area contributed by atoms with Crippen molar-refractivity contribution < 1.29 is 32.2 Å². The van der Waals surface area contributed by atoms with Crippen LogP contribution >= 0.6 is 0 Å². The molecule has 1 amide bonds. The molecule has 0 saturated carbocycles. The second kappa shape index (κ2) is 7.02. The first-order valence-electron chi connectivity index (χ1n) is 7.19. The van der Waals surface area contributed by atoms with E-state index in [0.29, 0.717) is 30.1 Å². The van der Waals surface area contributed by atoms with Crippen LogP contribution in [-0.4, -0.2) is 40.0 Å². The Morgan fingerprint density at radius 2 is 1.83 bits per heavy atom. The monoisotopic (exact) mass is 345 g/mol. The van der Waals surface area contributed by atoms with Gasteiger partial charge in [0.15, 0.2) is 11.5 Å². The molecule has 1 N–H and O–H groups in total. The number of methoxy groups -OCH3 is 3. The summed E-state index contributed by atoms with van der Waals surface area (Å²) in [5, 5.41) is 1.83. The van der Waals surface area contributed by atoms with E-state index in [0.717, 1.165) is 16.7 Å². The smallest absolute Gasteiger partial charge is 0.471 e. The van der Waals surface area contributed by atoms with Gasteiger partial charge in [-0.15, -0.1) is 0 Å². The number of carbonyl (C=O) groups is 1. The van der Waals surface area contributed by atoms with Gasteiger partial charge < -0.3 is 19.5 Å². The topological polar surface area (TPSA) is 56.8 Å². The van der Waals surface area contributed by atoms with Crippen LogP contribution in [-0.2, 0) is 11.2 Å². The molecule has 0 aliphatic heterocycles. The number of hydrogen-bond acceptors (Lipinski definition) is 4. The average Bonchev–Trinajstić information content (AvgIpc) is 2.94. The molecule has 0 heterocycles. The molecule has 5 nitrogen and oxygen atoms in total. The molecular formula is C16H18F3NO4. The van der Waals surface area contributed by atoms with Gasteiger partial charge in [-0.1, -0.05) is 6.08 Å². The van der Waals surface area contributed by atoms with Crippen LogP contribution in [0, 0.1) is 0 Å². The second-order valence-corrected chi connectivity index (χ2v) is 5.12. The number of nitrogens with one attached hydrogen (secondary N) is 1. The maximum atomic E-state index is 12.2. The van der Waals surface area contributed by atoms with Crippen molar-refractivity contribution >= 4 is 11.5 Å². The standard InChI is InChI=1S/C16H18F3NO4/c1-22-11-8-10-5-4-9(6-7-20-15(21)16(17,18)19)12(10)14(24-3)13(11)23-2/h6,8H,4-5,7H2,1-3H3,(H,20,21)/b9-6+. The number of carbonyl (C=O) groups excluding carboxylic acids is 1. The van der Waals surface area contributed by atoms with Crippen molar-refractivity contribution in [2.75, 3.05) is 27.9 Å². The van der Waals surface area contributed by atoms with Gasteiger partial charge >= 0.3 is 12.1 Å². The van der Waals surface area contributed by atoms with Crippen LogP contribution in [0.1, 0.15) is 17.5 Å². The summed E-state index contributed by atoms with van der Waals surface area (Å²) in [6, 6.07) is 1.83. The molecule has 0 unspecified atom stereocenters. The summed E-state index contributed by atoms with van der Waals surface area (Å²) in [5.74, 6) is -0.541. The van der Waals surface area contributed by atoms with E-state index in [4.69, 9.17) is 14.2 Å². The quantitative estimate of drug-likeness (QED) is 0.892. The SMILES string of the molecule is COc1cc2c(c(OC)c1OC)/C(=C/CNC(=O)C(F)(F)F)CC2. The molecule has 0 radical (unpaired) electrons. The lowest BCUT2D eigenvalue weighted by atomic mass is 10.0. The van der Waals surface area contributed by atoms with Gasteiger partial charge in [-0.05, 0) is 30.0 Å². The number of halogens is 3. The molecule has 0 fully saturated rings. The highest BCUT2D eigenvalue weighted by molar-refractivity contribution is 5.83. The van der Waals surface area contributed by atoms with Gasteiger partial charge in [-0.2, -0.15) is 13.2 Å². The molecular weight excluding hydrogens is 327 g/mol. The second-order valence-electron chi connectivity index (χ2n) is 5.12. The fraction of sp³-hybridized carbons (Fsp3) is 0.438. The summed E-state index contributed by atoms with van der Waals surface area (Å²) in [6.07, 6.45) is -2.00. The van der Waals surface area contributed by atoms with Crippen LogP contribution in [0.2, 0.25) is 0 Å². The van der Waals surface area contributed by atoms with Crippen LogP contribution in [0.4, 0.5) is 13.2 Å². The number of fused-ring (bicyclic) bond motifs is 1. The number of ether oxygens (including phenoxy) is 3. The number of benzene rings is 1. The number of alkyl halides is 3. The van der Waals surface area contributed by atoms with Gasteiger partial charge in [0.05, 0.1) is 21.3 Å². The Morgan fingerprint density at radius 1 is 1.17 bits per heavy atom. The largest absolute Gasteiger partial charge is 0.493 e. The van der Waals surface area contributed by atoms with E-state index in [1.54, 1.807) is 6.08 Å². The number of hydrogen-bond donors (Lipinski definition) is 1. The summed E-state index contributed by atoms with van der Waals surface area (Å²) >= 11 is 0. The third-order valence-electron chi connectivity index (χ3n) is 3.77. The molecule has 1 aliphatic carbocycles. The first-order chi connectivity index (χ1) is 11.3. The highest BCUT2D eigenvalue weighted by atomic mass is 19.4. The van der Waals surface area contributed by atoms with Gasteiger partial charge in [0.1, 0.15) is 0 Å². The maximum Gasteiger partial charge on any atom is 0.471 e. The molecule has 1 aromatic rings. The fourth-order valence-corrected chi connectivity index (χ4v) is 2.72. The lowest BCUT2D eigenvalue weighted by molar-refractivity contribution is -0.173. The minimum absolute atomic E-state index is 0.218. The highest BCUT2D eigenvalue weighted by Crippen LogP contribution is 2.48. The maximum absolute atomic E-state index is 12.2. The van der Waals surface area contributed by atoms with Crippen molar-refractivity contribution in [1.29, 1.82) is 0 Å². The highest BCUT2D eigenvalue weighted by Gasteiger charge is 2.38. The third-order valence-corrected chi connectivity index (χ3v) is 3.77. The summed E-state index contributed by atoms with van der Waals surface area (Å²) in [4.78, 5) is 10.9. The average molecular weight is 345 g/mol. The predicted molar refractivity (Wildman–Crippen MR) is 81.5 cm³/mol. The van der Waals surface area contributed by atoms with Crippen molar-refractivity contribution in [3.05, 3.63) is 23.3 Å². The Morgan fingerprint density at radius 3 is 2.38 bits per heavy atom. The van der Waals surface area contributed by atoms with Crippen LogP contribution in [0.25, 0.3) is 5.57 Å². The number of rotatable bonds is 5. The zero-order chi connectivity index (χ0) is 17.9. The summed E-state index contributed by atoms with van der Waals surface area (Å²) in [6.45, 7) is -0.218. The minimum atomic E-state index is -4.89. The molecule has 2 rings (SSSR count). The van der Waals surface area contributed by atoms with Crippen molar-refractivity contribution in [2.45, 2.75) is 19.0 Å². The van der Waals surface area contributed by atoms with Crippen LogP contribution in [0.5, 0.6) is 17.2 Å². The Bertz CT molecular complexity index is 668. The van der Waals surface area contributed by atoms with Gasteiger partial charge in [0, 0.05) is 12.1 Å². The van der Waals surface area contributed by atoms with E-state index in [1.165, 1.54) is 21.3 Å². The van der Waals surface area contributed by atoms with Crippen LogP contribution in [0.3, 0.4) is 0 Å². The number of amides is 1. The molecule has 0 atom stereocenters. The molecule has 1 aromatic carbocycles. The zero-order valence-electron chi connectivity index (χ0n) is 13.5. The molecule has 24 heavy (non-hydrogen) atoms. The van der Waals surface area contributed by atoms with Crippen molar-refractivity contribution in [2.24, 2.45) is 0 Å². The van der Waals surface area contributed by atoms with Gasteiger partial charge in [0.25, 0.3) is 0 Å². The van der Waals surface area contributed by atoms with E-state index in [9.17, 15) is 18.0 Å². The minimum Gasteiger partial charge on any atom is -0.493 e. The summed E-state index contributed by atoms with van der Waals surface area (Å²) < 4.78 is 52.6. The molecule has 132 valence electrons. The van der Waals surface area contributed by atoms with Crippen molar-refractivity contribution in [3.8, 4) is 17.2 Å². The lowest BCUT2D eigenvalue weighted by Crippen LogP contribution is -2.36. The number of aryl methyl sites for hydroxylation is 1. The van der Waals surface area contributed by atoms with E-state index in [2.05, 4.69) is 0 Å². The van der Waals surface area contributed by atoms with Crippen molar-refractivity contribution in [1.82, 2.24) is 5.32 Å². The first kappa shape index (κ1) is 18.0. The summed E-state index contributed by atoms with van der Waals surface area (Å²) in [7, 11) is 4.48. The molecule has 0 spiro atoms. The molecule has 0 saturated heterocycles. The van der Waals surface area contributed by atoms with E-state index in [1.807, 2.05) is 11.4 Å². The molecule has 0 aromatic heterocycles. The zero-order valence-corrected chi connectivity index (χ0v) is 13.5. The number of allylic oxidation sites excluding steroid dienone is 1. The van der Waals surface area contributed by atoms with E-state index < -0.39 is 12.1 Å². The fourth-order valence-electron chi connectivity index (χ4n) is 2.72. The third kappa shape index (κ3) is 3.42. The van der Waals surface area contributed by atoms with Crippen LogP contribution < -0.4 is 19.5 Å². The molecule has 8 heteroatoms. The van der Waals surface area contributed by atoms with Crippen LogP contribution in [0.15, 0.2) is 12.1 Å². The lowest BCUT2D eigenvalue weighted by Gasteiger charge is -2.16. The Balaban J connectivity index is 2.31. The van der Waals surface area contributed by atoms with E-state index in [-0.39, 0.29) is 6.54 Å².